The molecular formula is C27H33N6O6P. The summed E-state index contributed by atoms with van der Waals surface area (Å²) in [5.41, 5.74) is 7.84. The molecule has 3 N–H and O–H groups in total. The highest BCUT2D eigenvalue weighted by atomic mass is 31.2. The van der Waals surface area contributed by atoms with Crippen LogP contribution in [0.4, 0.5) is 5.82 Å². The number of nitrogens with one attached hydrogen (secondary N) is 1. The number of nitrogens with zero attached hydrogens (tertiary/aromatic N) is 4. The predicted molar refractivity (Wildman–Crippen MR) is 145 cm³/mol. The van der Waals surface area contributed by atoms with Gasteiger partial charge in [-0.25, -0.2) is 19.2 Å². The summed E-state index contributed by atoms with van der Waals surface area (Å²) in [6.45, 7) is -0.668. The molecule has 1 aromatic carbocycles. The molecule has 2 aliphatic rings. The first-order chi connectivity index (χ1) is 19.4. The Hall–Kier alpha value is -3.49. The van der Waals surface area contributed by atoms with Crippen LogP contribution in [0.15, 0.2) is 48.8 Å². The van der Waals surface area contributed by atoms with Gasteiger partial charge in [0.1, 0.15) is 36.8 Å². The topological polar surface area (TPSA) is 163 Å². The highest BCUT2D eigenvalue weighted by Gasteiger charge is 2.49. The number of nitrogen functional groups attached to an aromatic ring is 1. The van der Waals surface area contributed by atoms with Gasteiger partial charge in [-0.05, 0) is 68.2 Å². The number of aryl methyl sites for hydroxylation is 1. The first kappa shape index (κ1) is 28.1. The lowest BCUT2D eigenvalue weighted by Gasteiger charge is -2.53. The van der Waals surface area contributed by atoms with Gasteiger partial charge >= 0.3 is 13.7 Å². The molecular weight excluding hydrogens is 535 g/mol. The Bertz CT molecular complexity index is 1400. The van der Waals surface area contributed by atoms with Gasteiger partial charge < -0.3 is 19.7 Å². The number of nitriles is 1. The Morgan fingerprint density at radius 2 is 2.05 bits per heavy atom. The van der Waals surface area contributed by atoms with Gasteiger partial charge in [0.2, 0.25) is 0 Å². The number of carbonyl (C=O) groups excluding carboxylic acids is 1. The van der Waals surface area contributed by atoms with Crippen molar-refractivity contribution in [2.45, 2.75) is 57.2 Å². The van der Waals surface area contributed by atoms with E-state index in [9.17, 15) is 9.36 Å². The van der Waals surface area contributed by atoms with Crippen LogP contribution < -0.4 is 15.3 Å². The molecule has 0 amide bonds. The van der Waals surface area contributed by atoms with Gasteiger partial charge in [0, 0.05) is 5.69 Å². The van der Waals surface area contributed by atoms with Crippen molar-refractivity contribution in [1.29, 1.82) is 5.26 Å². The number of esters is 1. The SMILES string of the molecule is N#CCOC(CCc1ccc2c(N)ncnn12)COP(=O)(NCC(=O)OC1CC2(CCC2)C1)Oc1ccccc1. The lowest BCUT2D eigenvalue weighted by atomic mass is 9.55. The number of nitrogens with two attached hydrogens (primary N) is 1. The number of para-hydroxylation sites is 1. The molecule has 12 nitrogen and oxygen atoms in total. The van der Waals surface area contributed by atoms with Crippen LogP contribution in [0.1, 0.15) is 44.2 Å². The molecule has 2 unspecified atom stereocenters. The third-order valence-corrected chi connectivity index (χ3v) is 9.00. The number of rotatable bonds is 14. The van der Waals surface area contributed by atoms with Crippen LogP contribution in [-0.4, -0.2) is 52.5 Å². The van der Waals surface area contributed by atoms with E-state index in [0.29, 0.717) is 35.3 Å². The van der Waals surface area contributed by atoms with Crippen molar-refractivity contribution in [1.82, 2.24) is 19.7 Å². The summed E-state index contributed by atoms with van der Waals surface area (Å²) in [7, 11) is -4.02. The Kier molecular flexibility index (Phi) is 8.66. The summed E-state index contributed by atoms with van der Waals surface area (Å²) in [6.07, 6.45) is 7.04. The minimum Gasteiger partial charge on any atom is -0.461 e. The summed E-state index contributed by atoms with van der Waals surface area (Å²) < 4.78 is 38.1. The molecule has 2 aromatic heterocycles. The molecule has 2 atom stereocenters. The Morgan fingerprint density at radius 3 is 2.77 bits per heavy atom. The van der Waals surface area contributed by atoms with Crippen molar-refractivity contribution in [2.75, 3.05) is 25.5 Å². The van der Waals surface area contributed by atoms with Gasteiger partial charge in [-0.3, -0.25) is 9.32 Å². The second-order valence-electron chi connectivity index (χ2n) is 10.3. The molecule has 0 saturated heterocycles. The summed E-state index contributed by atoms with van der Waals surface area (Å²) in [5, 5.41) is 15.9. The normalized spacial score (nSPS) is 18.3. The molecule has 40 heavy (non-hydrogen) atoms. The van der Waals surface area contributed by atoms with E-state index in [1.165, 1.54) is 25.6 Å². The van der Waals surface area contributed by atoms with E-state index in [0.717, 1.165) is 18.5 Å². The average molecular weight is 569 g/mol. The standard InChI is InChI=1S/C27H33N6O6P/c28-13-14-36-22(9-7-20-8-10-24-26(29)30-19-31-33(20)24)18-37-40(35,39-21-5-2-1-3-6-21)32-17-25(34)38-23-15-27(16-23)11-4-12-27/h1-3,5-6,8,10,19,22-23H,4,7,9,11-12,14-18H2,(H,32,35)(H2,29,30,31). The van der Waals surface area contributed by atoms with Gasteiger partial charge in [0.05, 0.1) is 18.8 Å². The monoisotopic (exact) mass is 568 g/mol. The van der Waals surface area contributed by atoms with Crippen molar-refractivity contribution in [3.05, 3.63) is 54.5 Å². The number of benzene rings is 1. The maximum atomic E-state index is 13.7. The Balaban J connectivity index is 1.20. The number of hydrogen-bond donors (Lipinski definition) is 2. The number of carbonyl (C=O) groups is 1. The van der Waals surface area contributed by atoms with Crippen LogP contribution in [0.5, 0.6) is 5.75 Å². The lowest BCUT2D eigenvalue weighted by Crippen LogP contribution is -2.48. The zero-order valence-electron chi connectivity index (χ0n) is 22.1. The number of aromatic nitrogens is 3. The van der Waals surface area contributed by atoms with Crippen LogP contribution in [0.25, 0.3) is 5.52 Å². The summed E-state index contributed by atoms with van der Waals surface area (Å²) in [6, 6.07) is 14.2. The van der Waals surface area contributed by atoms with Crippen LogP contribution in [0.2, 0.25) is 0 Å². The van der Waals surface area contributed by atoms with E-state index in [1.807, 2.05) is 18.2 Å². The highest BCUT2D eigenvalue weighted by Crippen LogP contribution is 2.56. The third-order valence-electron chi connectivity index (χ3n) is 7.52. The van der Waals surface area contributed by atoms with Crippen LogP contribution in [0, 0.1) is 16.7 Å². The van der Waals surface area contributed by atoms with Crippen LogP contribution >= 0.6 is 7.75 Å². The molecule has 1 spiro atoms. The molecule has 0 aliphatic heterocycles. The maximum absolute atomic E-state index is 13.7. The second kappa shape index (κ2) is 12.4. The van der Waals surface area contributed by atoms with Gasteiger partial charge in [-0.1, -0.05) is 24.6 Å². The smallest absolute Gasteiger partial charge is 0.459 e. The molecule has 0 bridgehead atoms. The summed E-state index contributed by atoms with van der Waals surface area (Å²) >= 11 is 0. The Labute approximate surface area is 232 Å². The zero-order valence-corrected chi connectivity index (χ0v) is 23.0. The number of ether oxygens (including phenoxy) is 2. The molecule has 212 valence electrons. The van der Waals surface area contributed by atoms with Crippen molar-refractivity contribution in [2.24, 2.45) is 5.41 Å². The van der Waals surface area contributed by atoms with E-state index >= 15 is 0 Å². The molecule has 2 fully saturated rings. The Morgan fingerprint density at radius 1 is 1.25 bits per heavy atom. The minimum atomic E-state index is -4.02. The highest BCUT2D eigenvalue weighted by molar-refractivity contribution is 7.52. The van der Waals surface area contributed by atoms with E-state index < -0.39 is 19.8 Å². The fourth-order valence-electron chi connectivity index (χ4n) is 5.24. The third kappa shape index (κ3) is 6.80. The molecule has 13 heteroatoms. The predicted octanol–water partition coefficient (Wildman–Crippen LogP) is 3.82. The van der Waals surface area contributed by atoms with E-state index in [-0.39, 0.29) is 25.9 Å². The molecule has 0 radical (unpaired) electrons. The molecule has 5 rings (SSSR count). The van der Waals surface area contributed by atoms with Crippen molar-refractivity contribution >= 4 is 25.1 Å². The van der Waals surface area contributed by atoms with Gasteiger partial charge in [0.15, 0.2) is 5.82 Å². The fourth-order valence-corrected chi connectivity index (χ4v) is 6.54. The first-order valence-corrected chi connectivity index (χ1v) is 14.9. The molecule has 3 aromatic rings. The minimum absolute atomic E-state index is 0.0977. The fraction of sp³-hybridized carbons (Fsp3) is 0.481. The van der Waals surface area contributed by atoms with Gasteiger partial charge in [-0.2, -0.15) is 10.4 Å². The van der Waals surface area contributed by atoms with E-state index in [1.54, 1.807) is 34.8 Å². The van der Waals surface area contributed by atoms with Crippen LogP contribution in [0.3, 0.4) is 0 Å². The van der Waals surface area contributed by atoms with Crippen molar-refractivity contribution in [3.63, 3.8) is 0 Å². The van der Waals surface area contributed by atoms with Crippen molar-refractivity contribution in [3.8, 4) is 11.8 Å². The number of anilines is 1. The molecule has 2 saturated carbocycles. The van der Waals surface area contributed by atoms with Crippen molar-refractivity contribution < 1.29 is 27.9 Å². The lowest BCUT2D eigenvalue weighted by molar-refractivity contribution is -0.166. The van der Waals surface area contributed by atoms with E-state index in [4.69, 9.17) is 29.5 Å². The molecule has 2 aliphatic carbocycles. The van der Waals surface area contributed by atoms with Crippen LogP contribution in [-0.2, 0) is 29.8 Å². The largest absolute Gasteiger partial charge is 0.461 e. The summed E-state index contributed by atoms with van der Waals surface area (Å²) in [4.78, 5) is 16.5. The maximum Gasteiger partial charge on any atom is 0.459 e. The first-order valence-electron chi connectivity index (χ1n) is 13.4. The summed E-state index contributed by atoms with van der Waals surface area (Å²) in [5.74, 6) is 0.160. The number of fused-ring (bicyclic) bond motifs is 1. The quantitative estimate of drug-likeness (QED) is 0.215. The van der Waals surface area contributed by atoms with Gasteiger partial charge in [-0.15, -0.1) is 0 Å². The second-order valence-corrected chi connectivity index (χ2v) is 12.1. The van der Waals surface area contributed by atoms with Gasteiger partial charge in [0.25, 0.3) is 0 Å². The molecule has 2 heterocycles. The average Bonchev–Trinajstić information content (AvgIpc) is 3.33. The number of hydrogen-bond acceptors (Lipinski definition) is 10. The zero-order chi connectivity index (χ0) is 28.0. The van der Waals surface area contributed by atoms with E-state index in [2.05, 4.69) is 15.2 Å².